The van der Waals surface area contributed by atoms with E-state index in [0.29, 0.717) is 0 Å². The van der Waals surface area contributed by atoms with Gasteiger partial charge in [0.05, 0.1) is 0 Å². The Morgan fingerprint density at radius 2 is 2.11 bits per heavy atom. The molecule has 0 amide bonds. The fourth-order valence-electron chi connectivity index (χ4n) is 3.56. The van der Waals surface area contributed by atoms with Crippen molar-refractivity contribution in [1.29, 1.82) is 0 Å². The van der Waals surface area contributed by atoms with E-state index in [1.807, 2.05) is 0 Å². The molecule has 1 aromatic carbocycles. The Balaban J connectivity index is 1.49. The van der Waals surface area contributed by atoms with Crippen LogP contribution in [0, 0.1) is 0 Å². The molecular formula is C17H26N2. The smallest absolute Gasteiger partial charge is 0.0208 e. The minimum atomic E-state index is 0.814. The second-order valence-corrected chi connectivity index (χ2v) is 6.02. The second kappa shape index (κ2) is 6.53. The molecule has 1 aliphatic heterocycles. The van der Waals surface area contributed by atoms with Gasteiger partial charge in [0.25, 0.3) is 0 Å². The van der Waals surface area contributed by atoms with Crippen LogP contribution in [0.25, 0.3) is 0 Å². The summed E-state index contributed by atoms with van der Waals surface area (Å²) in [5, 5.41) is 7.18. The number of benzene rings is 1. The molecule has 1 heterocycles. The average molecular weight is 258 g/mol. The van der Waals surface area contributed by atoms with Crippen LogP contribution >= 0.6 is 0 Å². The van der Waals surface area contributed by atoms with Crippen LogP contribution in [0.5, 0.6) is 0 Å². The largest absolute Gasteiger partial charge is 0.314 e. The molecule has 0 aromatic heterocycles. The van der Waals surface area contributed by atoms with Gasteiger partial charge in [-0.2, -0.15) is 0 Å². The molecule has 2 aliphatic rings. The molecule has 2 N–H and O–H groups in total. The Hall–Kier alpha value is -0.860. The summed E-state index contributed by atoms with van der Waals surface area (Å²) in [5.41, 5.74) is 4.74. The van der Waals surface area contributed by atoms with Crippen molar-refractivity contribution in [1.82, 2.24) is 10.6 Å². The van der Waals surface area contributed by atoms with E-state index >= 15 is 0 Å². The Kier molecular flexibility index (Phi) is 4.52. The quantitative estimate of drug-likeness (QED) is 0.794. The first-order valence-electron chi connectivity index (χ1n) is 7.97. The molecule has 104 valence electrons. The maximum Gasteiger partial charge on any atom is 0.0208 e. The highest BCUT2D eigenvalue weighted by molar-refractivity contribution is 5.37. The first-order valence-corrected chi connectivity index (χ1v) is 7.97. The van der Waals surface area contributed by atoms with Gasteiger partial charge in [0.1, 0.15) is 0 Å². The number of fused-ring (bicyclic) bond motifs is 1. The zero-order valence-corrected chi connectivity index (χ0v) is 11.9. The third-order valence-electron chi connectivity index (χ3n) is 4.65. The molecule has 1 saturated carbocycles. The molecule has 19 heavy (non-hydrogen) atoms. The SMILES string of the molecule is c1cc(CCCNC2CCCC2)c2c(c1)CNCC2. The first kappa shape index (κ1) is 13.1. The minimum absolute atomic E-state index is 0.814. The summed E-state index contributed by atoms with van der Waals surface area (Å²) in [6.45, 7) is 3.39. The summed E-state index contributed by atoms with van der Waals surface area (Å²) in [6.07, 6.45) is 9.37. The second-order valence-electron chi connectivity index (χ2n) is 6.02. The molecule has 2 heteroatoms. The van der Waals surface area contributed by atoms with E-state index in [2.05, 4.69) is 28.8 Å². The van der Waals surface area contributed by atoms with E-state index in [9.17, 15) is 0 Å². The van der Waals surface area contributed by atoms with Crippen molar-refractivity contribution in [3.63, 3.8) is 0 Å². The molecule has 1 aliphatic carbocycles. The predicted molar refractivity (Wildman–Crippen MR) is 80.4 cm³/mol. The summed E-state index contributed by atoms with van der Waals surface area (Å²) < 4.78 is 0. The molecule has 1 aromatic rings. The van der Waals surface area contributed by atoms with E-state index in [-0.39, 0.29) is 0 Å². The van der Waals surface area contributed by atoms with Gasteiger partial charge in [-0.25, -0.2) is 0 Å². The molecule has 1 fully saturated rings. The van der Waals surface area contributed by atoms with Crippen LogP contribution < -0.4 is 10.6 Å². The van der Waals surface area contributed by atoms with E-state index < -0.39 is 0 Å². The number of nitrogens with one attached hydrogen (secondary N) is 2. The molecule has 0 unspecified atom stereocenters. The van der Waals surface area contributed by atoms with Crippen molar-refractivity contribution >= 4 is 0 Å². The van der Waals surface area contributed by atoms with Gasteiger partial charge < -0.3 is 10.6 Å². The van der Waals surface area contributed by atoms with E-state index in [1.165, 1.54) is 57.1 Å². The van der Waals surface area contributed by atoms with Gasteiger partial charge in [0, 0.05) is 12.6 Å². The van der Waals surface area contributed by atoms with Gasteiger partial charge in [-0.15, -0.1) is 0 Å². The topological polar surface area (TPSA) is 24.1 Å². The van der Waals surface area contributed by atoms with E-state index in [4.69, 9.17) is 0 Å². The number of hydrogen-bond donors (Lipinski definition) is 2. The molecule has 0 bridgehead atoms. The van der Waals surface area contributed by atoms with Crippen molar-refractivity contribution in [2.24, 2.45) is 0 Å². The Morgan fingerprint density at radius 1 is 1.21 bits per heavy atom. The van der Waals surface area contributed by atoms with Gasteiger partial charge in [-0.3, -0.25) is 0 Å². The normalized spacial score (nSPS) is 19.6. The lowest BCUT2D eigenvalue weighted by atomic mass is 9.93. The molecule has 3 rings (SSSR count). The van der Waals surface area contributed by atoms with Crippen molar-refractivity contribution in [2.45, 2.75) is 57.5 Å². The first-order chi connectivity index (χ1) is 9.43. The minimum Gasteiger partial charge on any atom is -0.314 e. The summed E-state index contributed by atoms with van der Waals surface area (Å²) in [6, 6.07) is 7.65. The van der Waals surface area contributed by atoms with E-state index in [0.717, 1.165) is 19.1 Å². The predicted octanol–water partition coefficient (Wildman–Crippen LogP) is 2.80. The maximum absolute atomic E-state index is 3.72. The highest BCUT2D eigenvalue weighted by Crippen LogP contribution is 2.20. The molecule has 0 radical (unpaired) electrons. The molecule has 0 atom stereocenters. The van der Waals surface area contributed by atoms with Crippen molar-refractivity contribution in [3.05, 3.63) is 34.9 Å². The Bertz CT molecular complexity index is 408. The molecule has 0 saturated heterocycles. The molecule has 2 nitrogen and oxygen atoms in total. The van der Waals surface area contributed by atoms with Crippen molar-refractivity contribution in [2.75, 3.05) is 13.1 Å². The maximum atomic E-state index is 3.72. The number of rotatable bonds is 5. The molecular weight excluding hydrogens is 232 g/mol. The Morgan fingerprint density at radius 3 is 3.00 bits per heavy atom. The highest BCUT2D eigenvalue weighted by atomic mass is 14.9. The van der Waals surface area contributed by atoms with Crippen LogP contribution in [0.15, 0.2) is 18.2 Å². The van der Waals surface area contributed by atoms with E-state index in [1.54, 1.807) is 11.1 Å². The zero-order valence-electron chi connectivity index (χ0n) is 11.9. The number of hydrogen-bond acceptors (Lipinski definition) is 2. The Labute approximate surface area is 117 Å². The fourth-order valence-corrected chi connectivity index (χ4v) is 3.56. The average Bonchev–Trinajstić information content (AvgIpc) is 2.97. The van der Waals surface area contributed by atoms with Crippen LogP contribution in [-0.4, -0.2) is 19.1 Å². The number of aryl methyl sites for hydroxylation is 1. The molecule has 0 spiro atoms. The van der Waals surface area contributed by atoms with Crippen LogP contribution in [-0.2, 0) is 19.4 Å². The third kappa shape index (κ3) is 3.37. The van der Waals surface area contributed by atoms with Gasteiger partial charge in [0.15, 0.2) is 0 Å². The highest BCUT2D eigenvalue weighted by Gasteiger charge is 2.14. The van der Waals surface area contributed by atoms with Crippen LogP contribution in [0.1, 0.15) is 48.8 Å². The van der Waals surface area contributed by atoms with Gasteiger partial charge in [-0.05, 0) is 61.9 Å². The van der Waals surface area contributed by atoms with Gasteiger partial charge in [0.2, 0.25) is 0 Å². The van der Waals surface area contributed by atoms with Crippen LogP contribution in [0.4, 0.5) is 0 Å². The lowest BCUT2D eigenvalue weighted by Crippen LogP contribution is -2.27. The summed E-state index contributed by atoms with van der Waals surface area (Å²) in [4.78, 5) is 0. The fraction of sp³-hybridized carbons (Fsp3) is 0.647. The lowest BCUT2D eigenvalue weighted by molar-refractivity contribution is 0.514. The van der Waals surface area contributed by atoms with Crippen molar-refractivity contribution in [3.8, 4) is 0 Å². The summed E-state index contributed by atoms with van der Waals surface area (Å²) in [7, 11) is 0. The standard InChI is InChI=1S/C17H26N2/c1-2-9-16(8-1)19-11-4-7-14-5-3-6-15-13-18-12-10-17(14)15/h3,5-6,16,18-19H,1-2,4,7-13H2. The van der Waals surface area contributed by atoms with Crippen LogP contribution in [0.3, 0.4) is 0 Å². The van der Waals surface area contributed by atoms with Crippen molar-refractivity contribution < 1.29 is 0 Å². The third-order valence-corrected chi connectivity index (χ3v) is 4.65. The zero-order chi connectivity index (χ0) is 12.9. The summed E-state index contributed by atoms with van der Waals surface area (Å²) >= 11 is 0. The van der Waals surface area contributed by atoms with Crippen LogP contribution in [0.2, 0.25) is 0 Å². The van der Waals surface area contributed by atoms with Gasteiger partial charge >= 0.3 is 0 Å². The lowest BCUT2D eigenvalue weighted by Gasteiger charge is -2.20. The summed E-state index contributed by atoms with van der Waals surface area (Å²) in [5.74, 6) is 0. The van der Waals surface area contributed by atoms with Gasteiger partial charge in [-0.1, -0.05) is 31.0 Å². The monoisotopic (exact) mass is 258 g/mol.